The number of pyridine rings is 2. The number of hydrogen-bond acceptors (Lipinski definition) is 6. The normalized spacial score (nSPS) is 11.2. The van der Waals surface area contributed by atoms with Crippen LogP contribution in [0.4, 0.5) is 17.1 Å². The molecule has 8 heteroatoms. The van der Waals surface area contributed by atoms with E-state index in [1.807, 2.05) is 68.7 Å². The number of hydrogen-bond donors (Lipinski definition) is 3. The number of rotatable bonds is 12. The summed E-state index contributed by atoms with van der Waals surface area (Å²) in [6.07, 6.45) is 3.70. The van der Waals surface area contributed by atoms with Gasteiger partial charge in [0, 0.05) is 52.5 Å². The lowest BCUT2D eigenvalue weighted by Gasteiger charge is -2.14. The first-order chi connectivity index (χ1) is 25.2. The van der Waals surface area contributed by atoms with Gasteiger partial charge in [0.05, 0.1) is 24.6 Å². The van der Waals surface area contributed by atoms with E-state index >= 15 is 0 Å². The van der Waals surface area contributed by atoms with Crippen molar-refractivity contribution in [3.63, 3.8) is 0 Å². The minimum Gasteiger partial charge on any atom is -0.494 e. The third-order valence-electron chi connectivity index (χ3n) is 8.88. The van der Waals surface area contributed by atoms with E-state index in [0.29, 0.717) is 19.8 Å². The third-order valence-corrected chi connectivity index (χ3v) is 8.88. The second-order valence-electron chi connectivity index (χ2n) is 12.2. The summed E-state index contributed by atoms with van der Waals surface area (Å²) >= 11 is 0. The number of benzene rings is 4. The van der Waals surface area contributed by atoms with Crippen LogP contribution in [-0.2, 0) is 6.54 Å². The fraction of sp³-hybridized carbons (Fsp3) is 0.116. The second kappa shape index (κ2) is 14.1. The molecule has 3 N–H and O–H groups in total. The quantitative estimate of drug-likeness (QED) is 0.120. The topological polar surface area (TPSA) is 89.0 Å². The van der Waals surface area contributed by atoms with E-state index in [1.54, 1.807) is 0 Å². The molecule has 0 aliphatic heterocycles. The summed E-state index contributed by atoms with van der Waals surface area (Å²) < 4.78 is 13.6. The first-order valence-corrected chi connectivity index (χ1v) is 17.3. The minimum absolute atomic E-state index is 0.620. The van der Waals surface area contributed by atoms with Gasteiger partial charge in [-0.3, -0.25) is 4.57 Å². The highest BCUT2D eigenvalue weighted by Gasteiger charge is 2.17. The Hall–Kier alpha value is -6.54. The Bertz CT molecular complexity index is 2420. The summed E-state index contributed by atoms with van der Waals surface area (Å²) in [6.45, 7) is 5.95. The molecule has 8 aromatic rings. The fourth-order valence-corrected chi connectivity index (χ4v) is 6.47. The lowest BCUT2D eigenvalue weighted by molar-refractivity contribution is 0.340. The van der Waals surface area contributed by atoms with Crippen LogP contribution in [0.5, 0.6) is 11.5 Å². The van der Waals surface area contributed by atoms with Gasteiger partial charge in [-0.1, -0.05) is 36.4 Å². The highest BCUT2D eigenvalue weighted by molar-refractivity contribution is 5.97. The van der Waals surface area contributed by atoms with Crippen LogP contribution >= 0.6 is 0 Å². The molecule has 4 heterocycles. The Morgan fingerprint density at radius 2 is 1.35 bits per heavy atom. The summed E-state index contributed by atoms with van der Waals surface area (Å²) in [6, 6.07) is 43.6. The van der Waals surface area contributed by atoms with E-state index in [2.05, 4.69) is 110 Å². The molecule has 0 amide bonds. The van der Waals surface area contributed by atoms with E-state index < -0.39 is 0 Å². The highest BCUT2D eigenvalue weighted by Crippen LogP contribution is 2.37. The molecule has 8 nitrogen and oxygen atoms in total. The van der Waals surface area contributed by atoms with Crippen molar-refractivity contribution in [3.8, 4) is 39.7 Å². The Morgan fingerprint density at radius 3 is 2.10 bits per heavy atom. The monoisotopic (exact) mass is 670 g/mol. The number of aromatic nitrogens is 4. The van der Waals surface area contributed by atoms with Gasteiger partial charge in [0.2, 0.25) is 0 Å². The van der Waals surface area contributed by atoms with Gasteiger partial charge in [-0.2, -0.15) is 0 Å². The number of nitrogens with one attached hydrogen (secondary N) is 3. The molecule has 0 aliphatic rings. The molecule has 0 saturated heterocycles. The number of aromatic amines is 1. The van der Waals surface area contributed by atoms with Gasteiger partial charge in [-0.15, -0.1) is 0 Å². The minimum atomic E-state index is 0.620. The zero-order chi connectivity index (χ0) is 34.6. The molecule has 4 aromatic heterocycles. The number of ether oxygens (including phenoxy) is 2. The second-order valence-corrected chi connectivity index (χ2v) is 12.2. The molecule has 0 bridgehead atoms. The fourth-order valence-electron chi connectivity index (χ4n) is 6.47. The van der Waals surface area contributed by atoms with Gasteiger partial charge in [0.1, 0.15) is 22.8 Å². The van der Waals surface area contributed by atoms with E-state index in [9.17, 15) is 0 Å². The SMILES string of the molecule is CCOc1ccc(-c2cc3c(Nc4cccc(-n5c(-c6ccc(OCC)cc6)cc6c(NCc7ccccc7)ccnc65)c4)ccnc3[nH]2)cc1. The first-order valence-electron chi connectivity index (χ1n) is 17.3. The molecule has 51 heavy (non-hydrogen) atoms. The van der Waals surface area contributed by atoms with Crippen molar-refractivity contribution < 1.29 is 9.47 Å². The van der Waals surface area contributed by atoms with Crippen LogP contribution < -0.4 is 20.1 Å². The molecular weight excluding hydrogens is 633 g/mol. The van der Waals surface area contributed by atoms with Crippen molar-refractivity contribution in [1.82, 2.24) is 19.5 Å². The maximum absolute atomic E-state index is 5.76. The van der Waals surface area contributed by atoms with Crippen LogP contribution in [0.15, 0.2) is 140 Å². The van der Waals surface area contributed by atoms with Gasteiger partial charge < -0.3 is 25.1 Å². The van der Waals surface area contributed by atoms with Crippen LogP contribution in [0.2, 0.25) is 0 Å². The van der Waals surface area contributed by atoms with Crippen molar-refractivity contribution in [3.05, 3.63) is 145 Å². The van der Waals surface area contributed by atoms with Gasteiger partial charge in [0.25, 0.3) is 0 Å². The van der Waals surface area contributed by atoms with Crippen LogP contribution in [0.25, 0.3) is 50.3 Å². The molecule has 8 rings (SSSR count). The molecule has 0 spiro atoms. The van der Waals surface area contributed by atoms with Crippen LogP contribution in [0.3, 0.4) is 0 Å². The number of nitrogens with zero attached hydrogens (tertiary/aromatic N) is 3. The van der Waals surface area contributed by atoms with Crippen molar-refractivity contribution >= 4 is 39.1 Å². The molecule has 0 unspecified atom stereocenters. The summed E-state index contributed by atoms with van der Waals surface area (Å²) in [5.74, 6) is 1.70. The van der Waals surface area contributed by atoms with E-state index in [-0.39, 0.29) is 0 Å². The maximum atomic E-state index is 5.76. The van der Waals surface area contributed by atoms with Gasteiger partial charge >= 0.3 is 0 Å². The van der Waals surface area contributed by atoms with E-state index in [0.717, 1.165) is 78.8 Å². The standard InChI is InChI=1S/C43H38N6O2/c1-3-50-34-17-13-30(14-18-34)40-26-36-39(22-23-44-42(36)48-40)47-32-11-8-12-33(25-32)49-41(31-15-19-35(20-16-31)51-4-2)27-37-38(21-24-45-43(37)49)46-28-29-9-6-5-7-10-29/h5-27H,3-4,28H2,1-2H3,(H,45,46)(H2,44,47,48). The average molecular weight is 671 g/mol. The predicted molar refractivity (Wildman–Crippen MR) is 207 cm³/mol. The Morgan fingerprint density at radius 1 is 0.647 bits per heavy atom. The van der Waals surface area contributed by atoms with E-state index in [4.69, 9.17) is 14.5 Å². The van der Waals surface area contributed by atoms with Gasteiger partial charge in [-0.25, -0.2) is 9.97 Å². The van der Waals surface area contributed by atoms with Gasteiger partial charge in [-0.05, 0) is 122 Å². The Kier molecular flexibility index (Phi) is 8.79. The molecule has 4 aromatic carbocycles. The smallest absolute Gasteiger partial charge is 0.147 e. The molecule has 0 saturated carbocycles. The van der Waals surface area contributed by atoms with Crippen molar-refractivity contribution in [2.45, 2.75) is 20.4 Å². The largest absolute Gasteiger partial charge is 0.494 e. The average Bonchev–Trinajstić information content (AvgIpc) is 3.79. The molecule has 252 valence electrons. The molecule has 0 aliphatic carbocycles. The third kappa shape index (κ3) is 6.59. The molecule has 0 atom stereocenters. The Balaban J connectivity index is 1.16. The van der Waals surface area contributed by atoms with Crippen LogP contribution in [0, 0.1) is 0 Å². The zero-order valence-corrected chi connectivity index (χ0v) is 28.6. The van der Waals surface area contributed by atoms with Crippen molar-refractivity contribution in [1.29, 1.82) is 0 Å². The van der Waals surface area contributed by atoms with Crippen molar-refractivity contribution in [2.75, 3.05) is 23.8 Å². The van der Waals surface area contributed by atoms with Crippen LogP contribution in [-0.4, -0.2) is 32.7 Å². The summed E-state index contributed by atoms with van der Waals surface area (Å²) in [4.78, 5) is 13.0. The highest BCUT2D eigenvalue weighted by atomic mass is 16.5. The van der Waals surface area contributed by atoms with Crippen molar-refractivity contribution in [2.24, 2.45) is 0 Å². The lowest BCUT2D eigenvalue weighted by atomic mass is 10.1. The predicted octanol–water partition coefficient (Wildman–Crippen LogP) is 10.4. The number of H-pyrrole nitrogens is 1. The van der Waals surface area contributed by atoms with Gasteiger partial charge in [0.15, 0.2) is 0 Å². The zero-order valence-electron chi connectivity index (χ0n) is 28.6. The Labute approximate surface area is 296 Å². The maximum Gasteiger partial charge on any atom is 0.147 e. The lowest BCUT2D eigenvalue weighted by Crippen LogP contribution is -2.02. The van der Waals surface area contributed by atoms with Crippen LogP contribution in [0.1, 0.15) is 19.4 Å². The summed E-state index contributed by atoms with van der Waals surface area (Å²) in [5.41, 5.74) is 11.0. The molecular formula is C43H38N6O2. The number of fused-ring (bicyclic) bond motifs is 2. The number of anilines is 3. The summed E-state index contributed by atoms with van der Waals surface area (Å²) in [7, 11) is 0. The van der Waals surface area contributed by atoms with E-state index in [1.165, 1.54) is 5.56 Å². The summed E-state index contributed by atoms with van der Waals surface area (Å²) in [5, 5.41) is 9.38. The molecule has 0 fully saturated rings. The first kappa shape index (κ1) is 31.7. The molecule has 0 radical (unpaired) electrons.